The van der Waals surface area contributed by atoms with E-state index >= 15 is 0 Å². The summed E-state index contributed by atoms with van der Waals surface area (Å²) in [5, 5.41) is 4.65. The normalized spacial score (nSPS) is 10.8. The van der Waals surface area contributed by atoms with Gasteiger partial charge in [-0.2, -0.15) is 0 Å². The van der Waals surface area contributed by atoms with Crippen LogP contribution in [0.1, 0.15) is 17.5 Å². The fourth-order valence-electron chi connectivity index (χ4n) is 2.84. The molecule has 0 amide bonds. The van der Waals surface area contributed by atoms with E-state index in [0.29, 0.717) is 28.9 Å². The van der Waals surface area contributed by atoms with Crippen LogP contribution in [0.3, 0.4) is 0 Å². The zero-order valence-electron chi connectivity index (χ0n) is 15.7. The molecule has 0 unspecified atom stereocenters. The van der Waals surface area contributed by atoms with E-state index in [1.54, 1.807) is 25.4 Å². The van der Waals surface area contributed by atoms with Crippen molar-refractivity contribution in [2.75, 3.05) is 13.7 Å². The van der Waals surface area contributed by atoms with Crippen LogP contribution in [-0.2, 0) is 19.7 Å². The van der Waals surface area contributed by atoms with E-state index in [1.807, 2.05) is 36.8 Å². The topological polar surface area (TPSA) is 48.3 Å². The van der Waals surface area contributed by atoms with Gasteiger partial charge in [0.2, 0.25) is 0 Å². The molecule has 1 aromatic heterocycles. The standard InChI is InChI=1S/C21H23Cl2N3O2/c1-27-20-5-2-4-16(13-24-8-3-10-26-11-9-25-15-26)21(20)28-14-17-6-7-18(22)12-19(17)23/h2,4-7,9,11-12,15,24H,3,8,10,13-14H2,1H3. The Morgan fingerprint density at radius 3 is 2.79 bits per heavy atom. The Balaban J connectivity index is 1.59. The van der Waals surface area contributed by atoms with Crippen LogP contribution in [0, 0.1) is 0 Å². The molecule has 0 aliphatic carbocycles. The number of halogens is 2. The molecule has 0 aliphatic heterocycles. The average Bonchev–Trinajstić information content (AvgIpc) is 3.21. The summed E-state index contributed by atoms with van der Waals surface area (Å²) >= 11 is 12.2. The third-order valence-corrected chi connectivity index (χ3v) is 4.90. The number of nitrogens with one attached hydrogen (secondary N) is 1. The second-order valence-electron chi connectivity index (χ2n) is 6.30. The number of hydrogen-bond acceptors (Lipinski definition) is 4. The minimum Gasteiger partial charge on any atom is -0.493 e. The van der Waals surface area contributed by atoms with Gasteiger partial charge in [0.25, 0.3) is 0 Å². The van der Waals surface area contributed by atoms with Crippen molar-refractivity contribution in [3.63, 3.8) is 0 Å². The van der Waals surface area contributed by atoms with Gasteiger partial charge < -0.3 is 19.4 Å². The molecule has 3 rings (SSSR count). The smallest absolute Gasteiger partial charge is 0.166 e. The van der Waals surface area contributed by atoms with Crippen molar-refractivity contribution in [2.45, 2.75) is 26.1 Å². The first-order chi connectivity index (χ1) is 13.7. The molecule has 0 fully saturated rings. The Kier molecular flexibility index (Phi) is 7.60. The highest BCUT2D eigenvalue weighted by molar-refractivity contribution is 6.35. The van der Waals surface area contributed by atoms with E-state index < -0.39 is 0 Å². The van der Waals surface area contributed by atoms with Gasteiger partial charge in [-0.15, -0.1) is 0 Å². The molecule has 1 heterocycles. The predicted molar refractivity (Wildman–Crippen MR) is 112 cm³/mol. The van der Waals surface area contributed by atoms with Crippen molar-refractivity contribution in [3.05, 3.63) is 76.3 Å². The van der Waals surface area contributed by atoms with Gasteiger partial charge in [-0.1, -0.05) is 41.4 Å². The SMILES string of the molecule is COc1cccc(CNCCCn2ccnc2)c1OCc1ccc(Cl)cc1Cl. The molecule has 0 spiro atoms. The van der Waals surface area contributed by atoms with Crippen LogP contribution in [0.25, 0.3) is 0 Å². The predicted octanol–water partition coefficient (Wildman–Crippen LogP) is 4.96. The molecule has 0 saturated carbocycles. The highest BCUT2D eigenvalue weighted by Gasteiger charge is 2.12. The summed E-state index contributed by atoms with van der Waals surface area (Å²) in [5.74, 6) is 1.42. The summed E-state index contributed by atoms with van der Waals surface area (Å²) < 4.78 is 13.6. The fraction of sp³-hybridized carbons (Fsp3) is 0.286. The zero-order chi connectivity index (χ0) is 19.8. The van der Waals surface area contributed by atoms with Crippen LogP contribution >= 0.6 is 23.2 Å². The summed E-state index contributed by atoms with van der Waals surface area (Å²) in [4.78, 5) is 4.05. The van der Waals surface area contributed by atoms with Crippen molar-refractivity contribution < 1.29 is 9.47 Å². The van der Waals surface area contributed by atoms with Crippen molar-refractivity contribution in [1.29, 1.82) is 0 Å². The Morgan fingerprint density at radius 1 is 1.14 bits per heavy atom. The number of methoxy groups -OCH3 is 1. The van der Waals surface area contributed by atoms with Crippen LogP contribution in [0.2, 0.25) is 10.0 Å². The van der Waals surface area contributed by atoms with E-state index in [1.165, 1.54) is 0 Å². The summed E-state index contributed by atoms with van der Waals surface area (Å²) in [5.41, 5.74) is 1.91. The molecule has 2 aromatic carbocycles. The second-order valence-corrected chi connectivity index (χ2v) is 7.15. The number of imidazole rings is 1. The molecular weight excluding hydrogens is 397 g/mol. The molecule has 1 N–H and O–H groups in total. The number of benzene rings is 2. The fourth-order valence-corrected chi connectivity index (χ4v) is 3.31. The Hall–Kier alpha value is -2.21. The third-order valence-electron chi connectivity index (χ3n) is 4.31. The average molecular weight is 420 g/mol. The Bertz CT molecular complexity index is 885. The highest BCUT2D eigenvalue weighted by atomic mass is 35.5. The van der Waals surface area contributed by atoms with Crippen molar-refractivity contribution in [2.24, 2.45) is 0 Å². The van der Waals surface area contributed by atoms with Crippen molar-refractivity contribution in [3.8, 4) is 11.5 Å². The van der Waals surface area contributed by atoms with Crippen LogP contribution < -0.4 is 14.8 Å². The molecule has 0 radical (unpaired) electrons. The Labute approximate surface area is 175 Å². The van der Waals surface area contributed by atoms with Gasteiger partial charge in [-0.3, -0.25) is 0 Å². The van der Waals surface area contributed by atoms with E-state index in [4.69, 9.17) is 32.7 Å². The molecule has 0 bridgehead atoms. The van der Waals surface area contributed by atoms with E-state index in [2.05, 4.69) is 14.9 Å². The molecule has 0 atom stereocenters. The van der Waals surface area contributed by atoms with Crippen LogP contribution in [0.15, 0.2) is 55.1 Å². The van der Waals surface area contributed by atoms with Crippen molar-refractivity contribution in [1.82, 2.24) is 14.9 Å². The monoisotopic (exact) mass is 419 g/mol. The number of nitrogens with zero attached hydrogens (tertiary/aromatic N) is 2. The van der Waals surface area contributed by atoms with Crippen LogP contribution in [-0.4, -0.2) is 23.2 Å². The van der Waals surface area contributed by atoms with Crippen LogP contribution in [0.5, 0.6) is 11.5 Å². The zero-order valence-corrected chi connectivity index (χ0v) is 17.2. The first-order valence-corrected chi connectivity index (χ1v) is 9.82. The maximum absolute atomic E-state index is 6.26. The lowest BCUT2D eigenvalue weighted by Gasteiger charge is -2.16. The number of para-hydroxylation sites is 1. The van der Waals surface area contributed by atoms with Gasteiger partial charge in [-0.25, -0.2) is 4.98 Å². The van der Waals surface area contributed by atoms with Gasteiger partial charge in [0.15, 0.2) is 11.5 Å². The third kappa shape index (κ3) is 5.64. The quantitative estimate of drug-likeness (QED) is 0.471. The van der Waals surface area contributed by atoms with Crippen LogP contribution in [0.4, 0.5) is 0 Å². The van der Waals surface area contributed by atoms with E-state index in [9.17, 15) is 0 Å². The molecule has 7 heteroatoms. The lowest BCUT2D eigenvalue weighted by molar-refractivity contribution is 0.280. The molecule has 3 aromatic rings. The summed E-state index contributed by atoms with van der Waals surface area (Å²) in [6.45, 7) is 2.84. The number of aromatic nitrogens is 2. The van der Waals surface area contributed by atoms with Gasteiger partial charge in [0, 0.05) is 46.7 Å². The lowest BCUT2D eigenvalue weighted by Crippen LogP contribution is -2.17. The van der Waals surface area contributed by atoms with Gasteiger partial charge >= 0.3 is 0 Å². The highest BCUT2D eigenvalue weighted by Crippen LogP contribution is 2.32. The Morgan fingerprint density at radius 2 is 2.04 bits per heavy atom. The first kappa shape index (κ1) is 20.5. The minimum absolute atomic E-state index is 0.337. The largest absolute Gasteiger partial charge is 0.493 e. The van der Waals surface area contributed by atoms with Gasteiger partial charge in [0.1, 0.15) is 6.61 Å². The molecule has 148 valence electrons. The molecule has 0 aliphatic rings. The van der Waals surface area contributed by atoms with E-state index in [0.717, 1.165) is 36.4 Å². The second kappa shape index (κ2) is 10.4. The maximum atomic E-state index is 6.26. The minimum atomic E-state index is 0.337. The molecular formula is C21H23Cl2N3O2. The number of rotatable bonds is 10. The van der Waals surface area contributed by atoms with Crippen molar-refractivity contribution >= 4 is 23.2 Å². The van der Waals surface area contributed by atoms with Gasteiger partial charge in [0.05, 0.1) is 13.4 Å². The van der Waals surface area contributed by atoms with E-state index in [-0.39, 0.29) is 0 Å². The number of hydrogen-bond donors (Lipinski definition) is 1. The first-order valence-electron chi connectivity index (χ1n) is 9.06. The molecule has 28 heavy (non-hydrogen) atoms. The molecule has 5 nitrogen and oxygen atoms in total. The lowest BCUT2D eigenvalue weighted by atomic mass is 10.1. The molecule has 0 saturated heterocycles. The summed E-state index contributed by atoms with van der Waals surface area (Å²) in [6, 6.07) is 11.3. The number of ether oxygens (including phenoxy) is 2. The summed E-state index contributed by atoms with van der Waals surface area (Å²) in [6.07, 6.45) is 6.60. The van der Waals surface area contributed by atoms with Gasteiger partial charge in [-0.05, 0) is 31.2 Å². The number of aryl methyl sites for hydroxylation is 1. The maximum Gasteiger partial charge on any atom is 0.166 e. The summed E-state index contributed by atoms with van der Waals surface area (Å²) in [7, 11) is 1.64.